The summed E-state index contributed by atoms with van der Waals surface area (Å²) in [4.78, 5) is 36.0. The Hall–Kier alpha value is -2.29. The van der Waals surface area contributed by atoms with Crippen LogP contribution < -0.4 is 0 Å². The average molecular weight is 1400 g/mol. The van der Waals surface area contributed by atoms with E-state index in [1.165, 1.54) is 353 Å². The zero-order valence-electron chi connectivity index (χ0n) is 66.0. The third-order valence-corrected chi connectivity index (χ3v) is 20.5. The summed E-state index contributed by atoms with van der Waals surface area (Å²) in [6.45, 7) is 4.49. The van der Waals surface area contributed by atoms with Gasteiger partial charge in [-0.2, -0.15) is 0 Å². The Morgan fingerprint density at radius 1 is 0.316 bits per heavy atom. The molecule has 0 heterocycles. The van der Waals surface area contributed by atoms with Crippen LogP contribution >= 0.6 is 7.82 Å². The van der Waals surface area contributed by atoms with Gasteiger partial charge in [0.2, 0.25) is 0 Å². The first-order valence-corrected chi connectivity index (χ1v) is 44.5. The van der Waals surface area contributed by atoms with Gasteiger partial charge in [-0.25, -0.2) is 4.57 Å². The Kier molecular flexibility index (Phi) is 77.0. The van der Waals surface area contributed by atoms with Crippen molar-refractivity contribution in [3.05, 3.63) is 60.8 Å². The number of carbonyl (C=O) groups is 2. The van der Waals surface area contributed by atoms with Crippen LogP contribution in [-0.4, -0.2) is 74.9 Å². The topological polar surface area (TPSA) is 108 Å². The van der Waals surface area contributed by atoms with E-state index in [0.717, 1.165) is 51.4 Å². The third kappa shape index (κ3) is 82.7. The molecule has 2 atom stereocenters. The van der Waals surface area contributed by atoms with Crippen LogP contribution in [0.3, 0.4) is 0 Å². The van der Waals surface area contributed by atoms with Gasteiger partial charge in [-0.05, 0) is 83.5 Å². The fourth-order valence-corrected chi connectivity index (χ4v) is 13.7. The van der Waals surface area contributed by atoms with E-state index >= 15 is 0 Å². The minimum Gasteiger partial charge on any atom is -0.462 e. The molecule has 10 heteroatoms. The number of unbranched alkanes of at least 4 members (excludes halogenated alkanes) is 57. The Morgan fingerprint density at radius 2 is 0.551 bits per heavy atom. The maximum absolute atomic E-state index is 12.9. The van der Waals surface area contributed by atoms with E-state index < -0.39 is 26.5 Å². The number of rotatable bonds is 81. The van der Waals surface area contributed by atoms with Gasteiger partial charge in [0.25, 0.3) is 0 Å². The summed E-state index contributed by atoms with van der Waals surface area (Å²) in [6, 6.07) is 0. The maximum Gasteiger partial charge on any atom is 0.472 e. The van der Waals surface area contributed by atoms with E-state index in [2.05, 4.69) is 74.6 Å². The maximum atomic E-state index is 12.9. The van der Waals surface area contributed by atoms with Gasteiger partial charge >= 0.3 is 19.8 Å². The molecule has 0 aromatic rings. The van der Waals surface area contributed by atoms with Gasteiger partial charge in [0.05, 0.1) is 27.7 Å². The number of quaternary nitrogens is 1. The second-order valence-electron chi connectivity index (χ2n) is 30.6. The van der Waals surface area contributed by atoms with Crippen LogP contribution in [0.5, 0.6) is 0 Å². The second-order valence-corrected chi connectivity index (χ2v) is 32.0. The van der Waals surface area contributed by atoms with Gasteiger partial charge in [0.15, 0.2) is 6.10 Å². The number of carbonyl (C=O) groups excluding carboxylic acids is 2. The Morgan fingerprint density at radius 3 is 0.816 bits per heavy atom. The Balaban J connectivity index is 3.87. The Bertz CT molecular complexity index is 1840. The van der Waals surface area contributed by atoms with E-state index in [1.54, 1.807) is 0 Å². The summed E-state index contributed by atoms with van der Waals surface area (Å²) < 4.78 is 34.9. The highest BCUT2D eigenvalue weighted by atomic mass is 31.2. The molecule has 2 unspecified atom stereocenters. The molecular weight excluding hydrogens is 1230 g/mol. The molecule has 0 saturated carbocycles. The first-order chi connectivity index (χ1) is 48.0. The largest absolute Gasteiger partial charge is 0.472 e. The summed E-state index contributed by atoms with van der Waals surface area (Å²) in [7, 11) is 1.50. The minimum atomic E-state index is -4.40. The van der Waals surface area contributed by atoms with E-state index in [0.29, 0.717) is 23.9 Å². The number of hydrogen-bond donors (Lipinski definition) is 1. The lowest BCUT2D eigenvalue weighted by Crippen LogP contribution is -2.37. The number of ether oxygens (including phenoxy) is 2. The molecule has 9 nitrogen and oxygen atoms in total. The van der Waals surface area contributed by atoms with Crippen molar-refractivity contribution in [2.75, 3.05) is 47.5 Å². The zero-order valence-corrected chi connectivity index (χ0v) is 66.9. The van der Waals surface area contributed by atoms with Crippen molar-refractivity contribution in [3.63, 3.8) is 0 Å². The lowest BCUT2D eigenvalue weighted by molar-refractivity contribution is -0.870. The van der Waals surface area contributed by atoms with Gasteiger partial charge in [-0.15, -0.1) is 0 Å². The molecule has 0 fully saturated rings. The number of nitrogens with zero attached hydrogens (tertiary/aromatic N) is 1. The highest BCUT2D eigenvalue weighted by molar-refractivity contribution is 7.47. The second kappa shape index (κ2) is 78.8. The number of phosphoric acid groups is 1. The van der Waals surface area contributed by atoms with Crippen molar-refractivity contribution >= 4 is 19.8 Å². The van der Waals surface area contributed by atoms with Gasteiger partial charge in [0.1, 0.15) is 19.8 Å². The van der Waals surface area contributed by atoms with Crippen molar-refractivity contribution in [1.82, 2.24) is 0 Å². The fourth-order valence-electron chi connectivity index (χ4n) is 12.9. The smallest absolute Gasteiger partial charge is 0.462 e. The SMILES string of the molecule is CCCCCCC/C=C\C/C=C\C/C=C\CCCCCCCCCCCCCCCCCCCCCCCCCCC(=O)OC(COC(=O)CCCCCCCCCCCCCCCCCCCCCCCCC/C=C\C/C=C\CCCCCCC)COP(=O)(O)OCC[N+](C)(C)C. The highest BCUT2D eigenvalue weighted by Gasteiger charge is 2.27. The molecule has 0 aliphatic heterocycles. The zero-order chi connectivity index (χ0) is 71.1. The summed E-state index contributed by atoms with van der Waals surface area (Å²) in [6.07, 6.45) is 107. The van der Waals surface area contributed by atoms with E-state index in [1.807, 2.05) is 21.1 Å². The molecular formula is C88H167NO8P+. The summed E-state index contributed by atoms with van der Waals surface area (Å²) >= 11 is 0. The molecule has 0 aromatic carbocycles. The summed E-state index contributed by atoms with van der Waals surface area (Å²) in [5.74, 6) is -0.771. The molecule has 0 aliphatic rings. The van der Waals surface area contributed by atoms with Crippen LogP contribution in [0.25, 0.3) is 0 Å². The molecule has 0 saturated heterocycles. The molecule has 0 amide bonds. The van der Waals surface area contributed by atoms with Crippen molar-refractivity contribution in [1.29, 1.82) is 0 Å². The van der Waals surface area contributed by atoms with E-state index in [4.69, 9.17) is 18.5 Å². The number of likely N-dealkylation sites (N-methyl/N-ethyl adjacent to an activating group) is 1. The number of allylic oxidation sites excluding steroid dienone is 10. The standard InChI is InChI=1S/C88H166NO8P/c1-6-8-10-12-14-16-18-20-22-24-26-28-30-32-34-36-38-40-42-43-44-45-47-49-51-53-55-57-59-61-63-65-67-69-71-73-75-77-79-81-88(91)97-86(85-96-98(92,93)95-83-82-89(3,4)5)84-94-87(90)80-78-76-74-72-70-68-66-64-62-60-58-56-54-52-50-48-46-41-39-37-35-33-31-29-27-25-23-21-19-17-15-13-11-9-7-2/h18-21,24-27,30,32,86H,6-17,22-23,28-29,31,33-85H2,1-5H3/p+1/b20-18-,21-19-,26-24-,27-25-,32-30-. The van der Waals surface area contributed by atoms with E-state index in [-0.39, 0.29) is 25.6 Å². The lowest BCUT2D eigenvalue weighted by atomic mass is 10.0. The highest BCUT2D eigenvalue weighted by Crippen LogP contribution is 2.43. The van der Waals surface area contributed by atoms with Crippen LogP contribution in [0.1, 0.15) is 438 Å². The molecule has 0 rings (SSSR count). The first-order valence-electron chi connectivity index (χ1n) is 43.0. The number of hydrogen-bond acceptors (Lipinski definition) is 7. The lowest BCUT2D eigenvalue weighted by Gasteiger charge is -2.24. The first kappa shape index (κ1) is 95.7. The van der Waals surface area contributed by atoms with Gasteiger partial charge in [-0.3, -0.25) is 18.6 Å². The van der Waals surface area contributed by atoms with Crippen LogP contribution in [-0.2, 0) is 32.7 Å². The minimum absolute atomic E-state index is 0.0344. The van der Waals surface area contributed by atoms with Crippen molar-refractivity contribution < 1.29 is 42.1 Å². The average Bonchev–Trinajstić information content (AvgIpc) is 1.23. The molecule has 0 bridgehead atoms. The van der Waals surface area contributed by atoms with Crippen LogP contribution in [0.4, 0.5) is 0 Å². The van der Waals surface area contributed by atoms with Crippen LogP contribution in [0.15, 0.2) is 60.8 Å². The van der Waals surface area contributed by atoms with Crippen LogP contribution in [0, 0.1) is 0 Å². The normalized spacial score (nSPS) is 13.2. The number of phosphoric ester groups is 1. The molecule has 1 N–H and O–H groups in total. The van der Waals surface area contributed by atoms with Gasteiger partial charge in [-0.1, -0.05) is 402 Å². The fraction of sp³-hybridized carbons (Fsp3) is 0.864. The third-order valence-electron chi connectivity index (χ3n) is 19.5. The molecule has 0 spiro atoms. The predicted octanol–water partition coefficient (Wildman–Crippen LogP) is 28.8. The molecule has 0 aromatic heterocycles. The quantitative estimate of drug-likeness (QED) is 0.0211. The summed E-state index contributed by atoms with van der Waals surface area (Å²) in [5.41, 5.74) is 0. The molecule has 0 radical (unpaired) electrons. The number of esters is 2. The van der Waals surface area contributed by atoms with Crippen LogP contribution in [0.2, 0.25) is 0 Å². The molecule has 576 valence electrons. The van der Waals surface area contributed by atoms with Crippen molar-refractivity contribution in [3.8, 4) is 0 Å². The van der Waals surface area contributed by atoms with Crippen molar-refractivity contribution in [2.45, 2.75) is 444 Å². The Labute approximate surface area is 610 Å². The summed E-state index contributed by atoms with van der Waals surface area (Å²) in [5, 5.41) is 0. The van der Waals surface area contributed by atoms with Gasteiger partial charge in [0, 0.05) is 12.8 Å². The van der Waals surface area contributed by atoms with E-state index in [9.17, 15) is 19.0 Å². The molecule has 98 heavy (non-hydrogen) atoms. The van der Waals surface area contributed by atoms with Gasteiger partial charge < -0.3 is 18.9 Å². The monoisotopic (exact) mass is 1400 g/mol. The predicted molar refractivity (Wildman–Crippen MR) is 427 cm³/mol. The van der Waals surface area contributed by atoms with Crippen molar-refractivity contribution in [2.24, 2.45) is 0 Å². The molecule has 0 aliphatic carbocycles.